The Morgan fingerprint density at radius 3 is 2.52 bits per heavy atom. The van der Waals surface area contributed by atoms with Crippen molar-refractivity contribution in [2.24, 2.45) is 4.99 Å². The van der Waals surface area contributed by atoms with Crippen LogP contribution >= 0.6 is 15.9 Å². The van der Waals surface area contributed by atoms with Crippen LogP contribution in [0.5, 0.6) is 0 Å². The Labute approximate surface area is 174 Å². The molecule has 4 rings (SSSR count). The van der Waals surface area contributed by atoms with E-state index in [2.05, 4.69) is 25.9 Å². The Morgan fingerprint density at radius 1 is 1.03 bits per heavy atom. The molecule has 0 aliphatic rings. The van der Waals surface area contributed by atoms with E-state index in [0.717, 1.165) is 26.8 Å². The number of fused-ring (bicyclic) bond motifs is 1. The fourth-order valence-electron chi connectivity index (χ4n) is 2.70. The van der Waals surface area contributed by atoms with Gasteiger partial charge < -0.3 is 4.42 Å². The minimum Gasteiger partial charge on any atom is -0.436 e. The Hall–Kier alpha value is -3.58. The molecule has 0 aliphatic carbocycles. The van der Waals surface area contributed by atoms with E-state index >= 15 is 0 Å². The highest BCUT2D eigenvalue weighted by Crippen LogP contribution is 2.27. The summed E-state index contributed by atoms with van der Waals surface area (Å²) in [4.78, 5) is 19.2. The number of nitro benzene ring substituents is 1. The van der Waals surface area contributed by atoms with Gasteiger partial charge in [0.25, 0.3) is 5.69 Å². The average Bonchev–Trinajstić information content (AvgIpc) is 3.15. The highest BCUT2D eigenvalue weighted by molar-refractivity contribution is 9.10. The second-order valence-corrected chi connectivity index (χ2v) is 7.08. The van der Waals surface area contributed by atoms with E-state index in [4.69, 9.17) is 4.42 Å². The van der Waals surface area contributed by atoms with Crippen molar-refractivity contribution in [1.82, 2.24) is 4.98 Å². The van der Waals surface area contributed by atoms with Gasteiger partial charge in [0, 0.05) is 28.4 Å². The zero-order valence-corrected chi connectivity index (χ0v) is 16.6. The molecule has 0 fully saturated rings. The molecular formula is C22H14BrN3O3. The number of allylic oxidation sites excluding steroid dienone is 1. The Bertz CT molecular complexity index is 1230. The smallest absolute Gasteiger partial charge is 0.269 e. The molecule has 4 aromatic rings. The van der Waals surface area contributed by atoms with E-state index in [1.807, 2.05) is 48.5 Å². The first-order chi connectivity index (χ1) is 14.1. The Balaban J connectivity index is 1.49. The van der Waals surface area contributed by atoms with Gasteiger partial charge >= 0.3 is 0 Å². The zero-order chi connectivity index (χ0) is 20.2. The maximum atomic E-state index is 10.7. The van der Waals surface area contributed by atoms with Gasteiger partial charge in [0.2, 0.25) is 5.89 Å². The monoisotopic (exact) mass is 447 g/mol. The highest BCUT2D eigenvalue weighted by Gasteiger charge is 2.08. The molecule has 0 radical (unpaired) electrons. The fourth-order valence-corrected chi connectivity index (χ4v) is 2.97. The summed E-state index contributed by atoms with van der Waals surface area (Å²) in [6, 6.07) is 19.6. The largest absolute Gasteiger partial charge is 0.436 e. The third-order valence-corrected chi connectivity index (χ3v) is 4.69. The predicted octanol–water partition coefficient (Wildman–Crippen LogP) is 6.58. The number of hydrogen-bond donors (Lipinski definition) is 0. The predicted molar refractivity (Wildman–Crippen MR) is 117 cm³/mol. The lowest BCUT2D eigenvalue weighted by Crippen LogP contribution is -1.86. The molecule has 142 valence electrons. The minimum absolute atomic E-state index is 0.0687. The molecule has 0 saturated carbocycles. The summed E-state index contributed by atoms with van der Waals surface area (Å²) in [5, 5.41) is 10.7. The van der Waals surface area contributed by atoms with Gasteiger partial charge in [-0.15, -0.1) is 0 Å². The number of oxazole rings is 1. The van der Waals surface area contributed by atoms with Crippen molar-refractivity contribution in [3.63, 3.8) is 0 Å². The molecule has 29 heavy (non-hydrogen) atoms. The topological polar surface area (TPSA) is 81.5 Å². The lowest BCUT2D eigenvalue weighted by Gasteiger charge is -1.94. The molecule has 3 aromatic carbocycles. The van der Waals surface area contributed by atoms with Crippen LogP contribution < -0.4 is 0 Å². The van der Waals surface area contributed by atoms with E-state index in [1.165, 1.54) is 12.1 Å². The van der Waals surface area contributed by atoms with E-state index in [-0.39, 0.29) is 5.69 Å². The number of aromatic nitrogens is 1. The first kappa shape index (κ1) is 18.8. The number of hydrogen-bond acceptors (Lipinski definition) is 5. The normalized spacial score (nSPS) is 11.6. The van der Waals surface area contributed by atoms with Gasteiger partial charge in [-0.3, -0.25) is 15.1 Å². The summed E-state index contributed by atoms with van der Waals surface area (Å²) in [5.41, 5.74) is 4.01. The summed E-state index contributed by atoms with van der Waals surface area (Å²) in [6.07, 6.45) is 5.27. The van der Waals surface area contributed by atoms with E-state index in [9.17, 15) is 10.1 Å². The summed E-state index contributed by atoms with van der Waals surface area (Å²) >= 11 is 3.42. The highest BCUT2D eigenvalue weighted by atomic mass is 79.9. The lowest BCUT2D eigenvalue weighted by atomic mass is 10.2. The third-order valence-electron chi connectivity index (χ3n) is 4.16. The zero-order valence-electron chi connectivity index (χ0n) is 15.0. The number of halogens is 1. The van der Waals surface area contributed by atoms with Crippen molar-refractivity contribution in [2.45, 2.75) is 0 Å². The van der Waals surface area contributed by atoms with Crippen LogP contribution in [0.15, 0.2) is 86.7 Å². The van der Waals surface area contributed by atoms with Crippen LogP contribution in [0.2, 0.25) is 0 Å². The van der Waals surface area contributed by atoms with Crippen molar-refractivity contribution < 1.29 is 9.34 Å². The molecule has 0 spiro atoms. The quantitative estimate of drug-likeness (QED) is 0.196. The molecule has 0 bridgehead atoms. The van der Waals surface area contributed by atoms with Crippen molar-refractivity contribution in [3.8, 4) is 11.5 Å². The van der Waals surface area contributed by atoms with Crippen molar-refractivity contribution in [2.75, 3.05) is 0 Å². The standard InChI is InChI=1S/C22H14BrN3O3/c23-17-7-5-16(6-8-17)22-25-20-14-18(9-12-21(20)29-22)24-13-1-2-15-3-10-19(11-4-15)26(27)28/h1-14H. The van der Waals surface area contributed by atoms with E-state index in [0.29, 0.717) is 11.5 Å². The number of non-ortho nitro benzene ring substituents is 1. The van der Waals surface area contributed by atoms with Crippen LogP contribution in [0.1, 0.15) is 5.56 Å². The van der Waals surface area contributed by atoms with Gasteiger partial charge in [-0.2, -0.15) is 0 Å². The first-order valence-corrected chi connectivity index (χ1v) is 9.49. The van der Waals surface area contributed by atoms with Crippen LogP contribution in [0.4, 0.5) is 11.4 Å². The fraction of sp³-hybridized carbons (Fsp3) is 0. The van der Waals surface area contributed by atoms with Crippen LogP contribution in [0.25, 0.3) is 28.6 Å². The summed E-state index contributed by atoms with van der Waals surface area (Å²) in [7, 11) is 0. The van der Waals surface area contributed by atoms with Crippen molar-refractivity contribution >= 4 is 50.7 Å². The van der Waals surface area contributed by atoms with E-state index < -0.39 is 4.92 Å². The summed E-state index contributed by atoms with van der Waals surface area (Å²) < 4.78 is 6.81. The van der Waals surface area contributed by atoms with Gasteiger partial charge in [-0.05, 0) is 66.2 Å². The molecule has 1 aromatic heterocycles. The van der Waals surface area contributed by atoms with Gasteiger partial charge in [-0.25, -0.2) is 4.98 Å². The molecule has 0 unspecified atom stereocenters. The molecule has 0 amide bonds. The SMILES string of the molecule is O=[N+]([O-])c1ccc(C=CC=Nc2ccc3oc(-c4ccc(Br)cc4)nc3c2)cc1. The summed E-state index contributed by atoms with van der Waals surface area (Å²) in [5.74, 6) is 0.562. The van der Waals surface area contributed by atoms with Crippen molar-refractivity contribution in [3.05, 3.63) is 93.0 Å². The third kappa shape index (κ3) is 4.47. The molecule has 0 atom stereocenters. The number of benzene rings is 3. The second-order valence-electron chi connectivity index (χ2n) is 6.16. The average molecular weight is 448 g/mol. The minimum atomic E-state index is -0.419. The molecule has 0 aliphatic heterocycles. The molecule has 7 heteroatoms. The maximum absolute atomic E-state index is 10.7. The lowest BCUT2D eigenvalue weighted by molar-refractivity contribution is -0.384. The maximum Gasteiger partial charge on any atom is 0.269 e. The number of nitrogens with zero attached hydrogens (tertiary/aromatic N) is 3. The number of rotatable bonds is 5. The van der Waals surface area contributed by atoms with Gasteiger partial charge in [0.05, 0.1) is 10.6 Å². The molecule has 1 heterocycles. The van der Waals surface area contributed by atoms with Crippen LogP contribution in [-0.2, 0) is 0 Å². The molecule has 0 saturated heterocycles. The summed E-state index contributed by atoms with van der Waals surface area (Å²) in [6.45, 7) is 0. The van der Waals surface area contributed by atoms with Crippen LogP contribution in [0.3, 0.4) is 0 Å². The molecule has 6 nitrogen and oxygen atoms in total. The van der Waals surface area contributed by atoms with Gasteiger partial charge in [0.1, 0.15) is 5.52 Å². The van der Waals surface area contributed by atoms with Crippen LogP contribution in [0, 0.1) is 10.1 Å². The van der Waals surface area contributed by atoms with Gasteiger partial charge in [0.15, 0.2) is 5.58 Å². The molecule has 0 N–H and O–H groups in total. The number of nitro groups is 1. The first-order valence-electron chi connectivity index (χ1n) is 8.70. The van der Waals surface area contributed by atoms with Crippen LogP contribution in [-0.4, -0.2) is 16.1 Å². The van der Waals surface area contributed by atoms with Crippen molar-refractivity contribution in [1.29, 1.82) is 0 Å². The second kappa shape index (κ2) is 8.20. The Kier molecular flexibility index (Phi) is 5.31. The van der Waals surface area contributed by atoms with Gasteiger partial charge in [-0.1, -0.05) is 22.0 Å². The number of aliphatic imine (C=N–C) groups is 1. The van der Waals surface area contributed by atoms with E-state index in [1.54, 1.807) is 24.4 Å². The molecular weight excluding hydrogens is 434 g/mol. The Morgan fingerprint density at radius 2 is 1.79 bits per heavy atom.